The van der Waals surface area contributed by atoms with Crippen LogP contribution in [-0.2, 0) is 4.79 Å². The lowest BCUT2D eigenvalue weighted by Crippen LogP contribution is -2.26. The zero-order chi connectivity index (χ0) is 20.2. The molecule has 0 spiro atoms. The molecule has 1 aromatic heterocycles. The van der Waals surface area contributed by atoms with Gasteiger partial charge in [0.05, 0.1) is 15.8 Å². The second-order valence-corrected chi connectivity index (χ2v) is 8.62. The summed E-state index contributed by atoms with van der Waals surface area (Å²) in [5.74, 6) is -0.0179. The summed E-state index contributed by atoms with van der Waals surface area (Å²) in [5, 5.41) is 9.18. The molecule has 146 valence electrons. The summed E-state index contributed by atoms with van der Waals surface area (Å²) < 4.78 is 1.14. The number of aliphatic hydroxyl groups is 1. The Morgan fingerprint density at radius 3 is 2.59 bits per heavy atom. The van der Waals surface area contributed by atoms with E-state index in [-0.39, 0.29) is 17.9 Å². The predicted molar refractivity (Wildman–Crippen MR) is 113 cm³/mol. The van der Waals surface area contributed by atoms with Crippen LogP contribution in [0.3, 0.4) is 0 Å². The molecule has 0 fully saturated rings. The first-order valence-corrected chi connectivity index (χ1v) is 9.91. The summed E-state index contributed by atoms with van der Waals surface area (Å²) in [6, 6.07) is 6.03. The van der Waals surface area contributed by atoms with E-state index in [4.69, 9.17) is 0 Å². The highest BCUT2D eigenvalue weighted by molar-refractivity contribution is 7.07. The lowest BCUT2D eigenvalue weighted by molar-refractivity contribution is -0.119. The van der Waals surface area contributed by atoms with E-state index in [2.05, 4.69) is 16.0 Å². The number of aromatic amines is 1. The van der Waals surface area contributed by atoms with Gasteiger partial charge in [0.2, 0.25) is 0 Å². The third-order valence-corrected chi connectivity index (χ3v) is 5.30. The van der Waals surface area contributed by atoms with Crippen molar-refractivity contribution in [1.82, 2.24) is 4.98 Å². The van der Waals surface area contributed by atoms with Crippen molar-refractivity contribution in [2.45, 2.75) is 34.6 Å². The Balaban J connectivity index is 2.41. The molecule has 6 heteroatoms. The zero-order valence-corrected chi connectivity index (χ0v) is 17.4. The lowest BCUT2D eigenvalue weighted by atomic mass is 9.91. The number of rotatable bonds is 6. The van der Waals surface area contributed by atoms with Crippen molar-refractivity contribution >= 4 is 35.0 Å². The quantitative estimate of drug-likeness (QED) is 0.791. The third kappa shape index (κ3) is 5.40. The number of benzene rings is 1. The minimum Gasteiger partial charge on any atom is -0.395 e. The number of nitrogens with zero attached hydrogens (tertiary/aromatic N) is 1. The van der Waals surface area contributed by atoms with Crippen molar-refractivity contribution in [3.05, 3.63) is 48.9 Å². The van der Waals surface area contributed by atoms with Gasteiger partial charge in [0.15, 0.2) is 5.78 Å². The molecule has 0 aliphatic carbocycles. The van der Waals surface area contributed by atoms with E-state index in [1.54, 1.807) is 0 Å². The molecule has 0 bridgehead atoms. The number of H-pyrrole nitrogens is 1. The molecule has 2 rings (SSSR count). The Bertz CT molecular complexity index is 980. The maximum atomic E-state index is 12.2. The van der Waals surface area contributed by atoms with Crippen molar-refractivity contribution < 1.29 is 9.90 Å². The van der Waals surface area contributed by atoms with Crippen LogP contribution < -0.4 is 19.7 Å². The Labute approximate surface area is 163 Å². The van der Waals surface area contributed by atoms with Crippen LogP contribution in [0, 0.1) is 12.3 Å². The van der Waals surface area contributed by atoms with Crippen LogP contribution in [0.1, 0.15) is 38.8 Å². The van der Waals surface area contributed by atoms with Gasteiger partial charge in [0, 0.05) is 30.3 Å². The smallest absolute Gasteiger partial charge is 0.266 e. The minimum atomic E-state index is -0.475. The number of carbonyl (C=O) groups excluding carboxylic acids is 1. The number of hydrogen-bond acceptors (Lipinski definition) is 5. The van der Waals surface area contributed by atoms with Crippen LogP contribution in [0.2, 0.25) is 0 Å². The first kappa shape index (κ1) is 21.1. The molecular formula is C21H28N2O3S. The number of carbonyl (C=O) groups is 1. The highest BCUT2D eigenvalue weighted by Gasteiger charge is 2.18. The number of nitrogens with one attached hydrogen (secondary N) is 1. The second-order valence-electron chi connectivity index (χ2n) is 7.53. The van der Waals surface area contributed by atoms with Crippen molar-refractivity contribution in [3.8, 4) is 0 Å². The summed E-state index contributed by atoms with van der Waals surface area (Å²) >= 11 is 1.29. The Morgan fingerprint density at radius 2 is 2.04 bits per heavy atom. The Morgan fingerprint density at radius 1 is 1.33 bits per heavy atom. The summed E-state index contributed by atoms with van der Waals surface area (Å²) in [6.07, 6.45) is 3.36. The molecule has 0 saturated carbocycles. The predicted octanol–water partition coefficient (Wildman–Crippen LogP) is 1.79. The van der Waals surface area contributed by atoms with Crippen molar-refractivity contribution in [3.63, 3.8) is 0 Å². The van der Waals surface area contributed by atoms with E-state index in [0.29, 0.717) is 15.7 Å². The first-order valence-electron chi connectivity index (χ1n) is 9.09. The maximum Gasteiger partial charge on any atom is 0.266 e. The van der Waals surface area contributed by atoms with E-state index in [0.717, 1.165) is 23.4 Å². The molecule has 1 heterocycles. The van der Waals surface area contributed by atoms with Crippen LogP contribution in [0.4, 0.5) is 5.69 Å². The van der Waals surface area contributed by atoms with Gasteiger partial charge in [-0.3, -0.25) is 9.59 Å². The van der Waals surface area contributed by atoms with E-state index in [1.165, 1.54) is 17.4 Å². The molecule has 0 radical (unpaired) electrons. The van der Waals surface area contributed by atoms with Gasteiger partial charge in [-0.1, -0.05) is 26.8 Å². The molecule has 2 aromatic rings. The fourth-order valence-corrected chi connectivity index (χ4v) is 3.49. The lowest BCUT2D eigenvalue weighted by Gasteiger charge is -2.22. The average molecular weight is 389 g/mol. The average Bonchev–Trinajstić information content (AvgIpc) is 2.93. The van der Waals surface area contributed by atoms with Gasteiger partial charge in [-0.05, 0) is 43.2 Å². The van der Waals surface area contributed by atoms with Crippen LogP contribution in [0.5, 0.6) is 0 Å². The Kier molecular flexibility index (Phi) is 6.78. The fraction of sp³-hybridized carbons (Fsp3) is 0.429. The molecule has 0 saturated heterocycles. The molecule has 2 N–H and O–H groups in total. The summed E-state index contributed by atoms with van der Waals surface area (Å²) in [7, 11) is 0. The molecule has 1 aromatic carbocycles. The van der Waals surface area contributed by atoms with Crippen LogP contribution in [0.15, 0.2) is 23.0 Å². The van der Waals surface area contributed by atoms with E-state index >= 15 is 0 Å². The van der Waals surface area contributed by atoms with Crippen LogP contribution >= 0.6 is 11.3 Å². The molecule has 0 amide bonds. The maximum absolute atomic E-state index is 12.2. The standard InChI is InChI=1S/C21H28N2O3S/c1-6-23(9-10-24)16-8-7-15(14(2)11-16)12-17-20(26)22-19(27-17)13-18(25)21(3,4)5/h7-8,11-13,24H,6,9-10H2,1-5H3,(H,22,26). The highest BCUT2D eigenvalue weighted by Crippen LogP contribution is 2.19. The first-order chi connectivity index (χ1) is 12.7. The van der Waals surface area contributed by atoms with Gasteiger partial charge in [-0.25, -0.2) is 0 Å². The van der Waals surface area contributed by atoms with Gasteiger partial charge >= 0.3 is 0 Å². The number of hydrogen-bond donors (Lipinski definition) is 2. The van der Waals surface area contributed by atoms with Crippen molar-refractivity contribution in [2.75, 3.05) is 24.6 Å². The molecule has 5 nitrogen and oxygen atoms in total. The summed E-state index contributed by atoms with van der Waals surface area (Å²) in [4.78, 5) is 29.3. The number of anilines is 1. The fourth-order valence-electron chi connectivity index (χ4n) is 2.61. The Hall–Kier alpha value is -2.18. The number of aryl methyl sites for hydroxylation is 1. The highest BCUT2D eigenvalue weighted by atomic mass is 32.1. The van der Waals surface area contributed by atoms with Gasteiger partial charge in [-0.15, -0.1) is 11.3 Å². The molecular weight excluding hydrogens is 360 g/mol. The summed E-state index contributed by atoms with van der Waals surface area (Å²) in [6.45, 7) is 11.1. The van der Waals surface area contributed by atoms with Crippen LogP contribution in [-0.4, -0.2) is 35.6 Å². The molecule has 27 heavy (non-hydrogen) atoms. The third-order valence-electron chi connectivity index (χ3n) is 4.34. The van der Waals surface area contributed by atoms with E-state index in [9.17, 15) is 14.7 Å². The van der Waals surface area contributed by atoms with E-state index < -0.39 is 5.41 Å². The number of likely N-dealkylation sites (N-methyl/N-ethyl adjacent to an activating group) is 1. The largest absolute Gasteiger partial charge is 0.395 e. The summed E-state index contributed by atoms with van der Waals surface area (Å²) in [5.41, 5.74) is 2.39. The SMILES string of the molecule is CCN(CCO)c1ccc(C=c2sc(=CC(=O)C(C)(C)C)[nH]c2=O)c(C)c1. The van der Waals surface area contributed by atoms with Gasteiger partial charge in [0.1, 0.15) is 0 Å². The van der Waals surface area contributed by atoms with Crippen molar-refractivity contribution in [2.24, 2.45) is 5.41 Å². The van der Waals surface area contributed by atoms with E-state index in [1.807, 2.05) is 52.8 Å². The molecule has 0 aliphatic rings. The van der Waals surface area contributed by atoms with Crippen molar-refractivity contribution in [1.29, 1.82) is 0 Å². The molecule has 0 unspecified atom stereocenters. The number of aliphatic hydroxyl groups excluding tert-OH is 1. The number of thiazole rings is 1. The number of ketones is 1. The second kappa shape index (κ2) is 8.67. The number of Topliss-reactive ketones (excluding diaryl/α,β-unsaturated/α-hetero) is 1. The van der Waals surface area contributed by atoms with Gasteiger partial charge in [0.25, 0.3) is 5.56 Å². The normalized spacial score (nSPS) is 13.3. The topological polar surface area (TPSA) is 73.4 Å². The van der Waals surface area contributed by atoms with Gasteiger partial charge in [-0.2, -0.15) is 0 Å². The zero-order valence-electron chi connectivity index (χ0n) is 16.6. The molecule has 0 aliphatic heterocycles. The van der Waals surface area contributed by atoms with Crippen LogP contribution in [0.25, 0.3) is 12.2 Å². The monoisotopic (exact) mass is 388 g/mol. The minimum absolute atomic E-state index is 0.0179. The van der Waals surface area contributed by atoms with Gasteiger partial charge < -0.3 is 15.0 Å². The molecule has 0 atom stereocenters. The number of aromatic nitrogens is 1.